The topological polar surface area (TPSA) is 111 Å². The monoisotopic (exact) mass is 404 g/mol. The first-order chi connectivity index (χ1) is 13.5. The number of aromatic amines is 1. The molecule has 1 aromatic carbocycles. The molecule has 0 spiro atoms. The van der Waals surface area contributed by atoms with Crippen molar-refractivity contribution in [3.8, 4) is 5.75 Å². The van der Waals surface area contributed by atoms with Crippen LogP contribution in [0.25, 0.3) is 11.0 Å². The van der Waals surface area contributed by atoms with Crippen LogP contribution in [0, 0.1) is 10.1 Å². The van der Waals surface area contributed by atoms with Gasteiger partial charge < -0.3 is 19.4 Å². The number of hydrogen-bond donors (Lipinski definition) is 1. The smallest absolute Gasteiger partial charge is 0.410 e. The first kappa shape index (κ1) is 20.9. The number of piperidine rings is 1. The molecule has 1 aliphatic heterocycles. The van der Waals surface area contributed by atoms with Gasteiger partial charge in [-0.15, -0.1) is 0 Å². The summed E-state index contributed by atoms with van der Waals surface area (Å²) in [4.78, 5) is 32.7. The molecule has 158 valence electrons. The second-order valence-corrected chi connectivity index (χ2v) is 8.63. The number of rotatable bonds is 4. The van der Waals surface area contributed by atoms with Crippen LogP contribution < -0.4 is 4.74 Å². The SMILES string of the molecule is CC(C)c1nc2c([N+](=O)[O-])c(OC3CCN(C(=O)OC(C)(C)C)CC3)ccc2[nH]1. The number of fused-ring (bicyclic) bond motifs is 1. The van der Waals surface area contributed by atoms with Crippen molar-refractivity contribution in [1.82, 2.24) is 14.9 Å². The number of imidazole rings is 1. The highest BCUT2D eigenvalue weighted by molar-refractivity contribution is 5.88. The Bertz CT molecular complexity index is 907. The number of benzene rings is 1. The lowest BCUT2D eigenvalue weighted by Crippen LogP contribution is -2.44. The zero-order valence-electron chi connectivity index (χ0n) is 17.5. The molecule has 0 saturated carbocycles. The van der Waals surface area contributed by atoms with Gasteiger partial charge in [-0.05, 0) is 32.9 Å². The van der Waals surface area contributed by atoms with Gasteiger partial charge in [-0.25, -0.2) is 9.78 Å². The van der Waals surface area contributed by atoms with Crippen LogP contribution in [-0.4, -0.2) is 50.7 Å². The maximum Gasteiger partial charge on any atom is 0.410 e. The van der Waals surface area contributed by atoms with Crippen molar-refractivity contribution in [2.45, 2.75) is 65.1 Å². The number of nitrogens with zero attached hydrogens (tertiary/aromatic N) is 3. The van der Waals surface area contributed by atoms with Gasteiger partial charge in [0.05, 0.1) is 10.4 Å². The van der Waals surface area contributed by atoms with Crippen molar-refractivity contribution < 1.29 is 19.2 Å². The van der Waals surface area contributed by atoms with E-state index in [1.807, 2.05) is 34.6 Å². The highest BCUT2D eigenvalue weighted by Gasteiger charge is 2.30. The van der Waals surface area contributed by atoms with E-state index >= 15 is 0 Å². The van der Waals surface area contributed by atoms with E-state index in [2.05, 4.69) is 9.97 Å². The fourth-order valence-corrected chi connectivity index (χ4v) is 3.27. The summed E-state index contributed by atoms with van der Waals surface area (Å²) in [6, 6.07) is 3.37. The molecule has 1 aliphatic rings. The van der Waals surface area contributed by atoms with Crippen LogP contribution in [0.1, 0.15) is 59.2 Å². The number of amides is 1. The lowest BCUT2D eigenvalue weighted by molar-refractivity contribution is -0.384. The van der Waals surface area contributed by atoms with Crippen molar-refractivity contribution in [3.05, 3.63) is 28.1 Å². The zero-order valence-corrected chi connectivity index (χ0v) is 17.5. The minimum absolute atomic E-state index is 0.125. The molecule has 0 atom stereocenters. The van der Waals surface area contributed by atoms with Crippen molar-refractivity contribution in [2.75, 3.05) is 13.1 Å². The van der Waals surface area contributed by atoms with E-state index in [4.69, 9.17) is 9.47 Å². The number of likely N-dealkylation sites (tertiary alicyclic amines) is 1. The number of nitro groups is 1. The lowest BCUT2D eigenvalue weighted by atomic mass is 10.1. The molecule has 1 N–H and O–H groups in total. The number of carbonyl (C=O) groups is 1. The molecule has 1 aromatic heterocycles. The van der Waals surface area contributed by atoms with Crippen molar-refractivity contribution >= 4 is 22.8 Å². The van der Waals surface area contributed by atoms with E-state index < -0.39 is 10.5 Å². The molecule has 1 amide bonds. The van der Waals surface area contributed by atoms with Gasteiger partial charge in [-0.3, -0.25) is 10.1 Å². The van der Waals surface area contributed by atoms with Gasteiger partial charge in [-0.1, -0.05) is 13.8 Å². The Morgan fingerprint density at radius 3 is 2.52 bits per heavy atom. The van der Waals surface area contributed by atoms with Gasteiger partial charge in [0.15, 0.2) is 11.3 Å². The molecule has 2 heterocycles. The summed E-state index contributed by atoms with van der Waals surface area (Å²) in [6.07, 6.45) is 0.591. The summed E-state index contributed by atoms with van der Waals surface area (Å²) >= 11 is 0. The van der Waals surface area contributed by atoms with Gasteiger partial charge in [0.25, 0.3) is 0 Å². The molecule has 0 unspecified atom stereocenters. The second kappa shape index (κ2) is 7.88. The van der Waals surface area contributed by atoms with E-state index in [1.54, 1.807) is 17.0 Å². The Morgan fingerprint density at radius 1 is 1.31 bits per heavy atom. The molecule has 29 heavy (non-hydrogen) atoms. The summed E-state index contributed by atoms with van der Waals surface area (Å²) in [5, 5.41) is 11.7. The normalized spacial score (nSPS) is 15.7. The lowest BCUT2D eigenvalue weighted by Gasteiger charge is -2.33. The summed E-state index contributed by atoms with van der Waals surface area (Å²) in [5.74, 6) is 1.04. The van der Waals surface area contributed by atoms with Crippen LogP contribution in [-0.2, 0) is 4.74 Å². The number of nitro benzene ring substituents is 1. The van der Waals surface area contributed by atoms with Gasteiger partial charge in [-0.2, -0.15) is 0 Å². The molecule has 3 rings (SSSR count). The minimum Gasteiger partial charge on any atom is -0.483 e. The molecule has 9 heteroatoms. The number of hydrogen-bond acceptors (Lipinski definition) is 6. The van der Waals surface area contributed by atoms with E-state index in [1.165, 1.54) is 0 Å². The molecule has 1 fully saturated rings. The molecule has 0 bridgehead atoms. The van der Waals surface area contributed by atoms with Crippen molar-refractivity contribution in [2.24, 2.45) is 0 Å². The van der Waals surface area contributed by atoms with Crippen LogP contribution >= 0.6 is 0 Å². The Labute approximate surface area is 169 Å². The third kappa shape index (κ3) is 4.78. The zero-order chi connectivity index (χ0) is 21.3. The number of H-pyrrole nitrogens is 1. The summed E-state index contributed by atoms with van der Waals surface area (Å²) in [5.41, 5.74) is 0.258. The molecular formula is C20H28N4O5. The van der Waals surface area contributed by atoms with Gasteiger partial charge in [0, 0.05) is 31.8 Å². The average molecular weight is 404 g/mol. The highest BCUT2D eigenvalue weighted by atomic mass is 16.6. The Kier molecular flexibility index (Phi) is 5.68. The maximum absolute atomic E-state index is 12.2. The van der Waals surface area contributed by atoms with Crippen LogP contribution in [0.15, 0.2) is 12.1 Å². The van der Waals surface area contributed by atoms with E-state index in [-0.39, 0.29) is 29.6 Å². The van der Waals surface area contributed by atoms with Crippen LogP contribution in [0.5, 0.6) is 5.75 Å². The molecule has 0 aliphatic carbocycles. The van der Waals surface area contributed by atoms with E-state index in [0.29, 0.717) is 42.8 Å². The standard InChI is InChI=1S/C20H28N4O5/c1-12(2)18-21-14-6-7-15(17(24(26)27)16(14)22-18)28-13-8-10-23(11-9-13)19(25)29-20(3,4)5/h6-7,12-13H,8-11H2,1-5H3,(H,21,22). The largest absolute Gasteiger partial charge is 0.483 e. The van der Waals surface area contributed by atoms with Gasteiger partial charge in [0.2, 0.25) is 0 Å². The van der Waals surface area contributed by atoms with E-state index in [9.17, 15) is 14.9 Å². The molecule has 9 nitrogen and oxygen atoms in total. The molecule has 1 saturated heterocycles. The van der Waals surface area contributed by atoms with Gasteiger partial charge in [0.1, 0.15) is 17.5 Å². The average Bonchev–Trinajstić information content (AvgIpc) is 3.04. The predicted octanol–water partition coefficient (Wildman–Crippen LogP) is 4.37. The minimum atomic E-state index is -0.543. The molecule has 2 aromatic rings. The molecule has 0 radical (unpaired) electrons. The van der Waals surface area contributed by atoms with E-state index in [0.717, 1.165) is 0 Å². The van der Waals surface area contributed by atoms with Crippen molar-refractivity contribution in [3.63, 3.8) is 0 Å². The van der Waals surface area contributed by atoms with Gasteiger partial charge >= 0.3 is 11.8 Å². The number of aromatic nitrogens is 2. The number of carbonyl (C=O) groups excluding carboxylic acids is 1. The Balaban J connectivity index is 1.73. The maximum atomic E-state index is 12.2. The van der Waals surface area contributed by atoms with Crippen LogP contribution in [0.2, 0.25) is 0 Å². The third-order valence-electron chi connectivity index (χ3n) is 4.73. The summed E-state index contributed by atoms with van der Waals surface area (Å²) in [7, 11) is 0. The van der Waals surface area contributed by atoms with Crippen LogP contribution in [0.3, 0.4) is 0 Å². The Morgan fingerprint density at radius 2 is 1.97 bits per heavy atom. The molecular weight excluding hydrogens is 376 g/mol. The fourth-order valence-electron chi connectivity index (χ4n) is 3.27. The number of ether oxygens (including phenoxy) is 2. The highest BCUT2D eigenvalue weighted by Crippen LogP contribution is 2.36. The number of nitrogens with one attached hydrogen (secondary N) is 1. The Hall–Kier alpha value is -2.84. The van der Waals surface area contributed by atoms with Crippen LogP contribution in [0.4, 0.5) is 10.5 Å². The third-order valence-corrected chi connectivity index (χ3v) is 4.73. The first-order valence-corrected chi connectivity index (χ1v) is 9.86. The second-order valence-electron chi connectivity index (χ2n) is 8.63. The fraction of sp³-hybridized carbons (Fsp3) is 0.600. The first-order valence-electron chi connectivity index (χ1n) is 9.86. The van der Waals surface area contributed by atoms with Crippen molar-refractivity contribution in [1.29, 1.82) is 0 Å². The summed E-state index contributed by atoms with van der Waals surface area (Å²) in [6.45, 7) is 10.4. The quantitative estimate of drug-likeness (QED) is 0.598. The predicted molar refractivity (Wildman–Crippen MR) is 108 cm³/mol. The summed E-state index contributed by atoms with van der Waals surface area (Å²) < 4.78 is 11.4.